The maximum Gasteiger partial charge on any atom is 0.417 e. The van der Waals surface area contributed by atoms with Crippen LogP contribution in [-0.4, -0.2) is 16.1 Å². The summed E-state index contributed by atoms with van der Waals surface area (Å²) < 4.78 is 39.6. The molecular weight excluding hydrogens is 375 g/mol. The molecule has 8 heteroatoms. The van der Waals surface area contributed by atoms with Crippen molar-refractivity contribution < 1.29 is 18.0 Å². The molecule has 2 aromatic rings. The SMILES string of the molecule is Cc1ccc(C)c(NC(=O)C(C)Sc2nc(C)cc(C(F)(F)F)c2C#N)c1. The second-order valence-electron chi connectivity index (χ2n) is 6.17. The molecular formula is C19H18F3N3OS. The van der Waals surface area contributed by atoms with E-state index >= 15 is 0 Å². The Kier molecular flexibility index (Phi) is 6.16. The second-order valence-corrected chi connectivity index (χ2v) is 7.50. The number of hydrogen-bond donors (Lipinski definition) is 1. The Morgan fingerprint density at radius 3 is 2.52 bits per heavy atom. The number of benzene rings is 1. The first kappa shape index (κ1) is 20.8. The van der Waals surface area contributed by atoms with Crippen molar-refractivity contribution in [1.29, 1.82) is 5.26 Å². The Bertz CT molecular complexity index is 920. The van der Waals surface area contributed by atoms with Gasteiger partial charge in [-0.1, -0.05) is 23.9 Å². The number of hydrogen-bond acceptors (Lipinski definition) is 4. The molecule has 0 bridgehead atoms. The first-order valence-corrected chi connectivity index (χ1v) is 8.94. The first-order valence-electron chi connectivity index (χ1n) is 8.06. The zero-order chi connectivity index (χ0) is 20.4. The summed E-state index contributed by atoms with van der Waals surface area (Å²) in [4.78, 5) is 16.5. The van der Waals surface area contributed by atoms with Gasteiger partial charge in [-0.05, 0) is 51.0 Å². The molecule has 1 aromatic heterocycles. The van der Waals surface area contributed by atoms with Gasteiger partial charge in [0.2, 0.25) is 5.91 Å². The Labute approximate surface area is 159 Å². The molecule has 0 saturated carbocycles. The van der Waals surface area contributed by atoms with E-state index in [4.69, 9.17) is 0 Å². The lowest BCUT2D eigenvalue weighted by Gasteiger charge is -2.16. The fourth-order valence-corrected chi connectivity index (χ4v) is 3.36. The number of alkyl halides is 3. The lowest BCUT2D eigenvalue weighted by atomic mass is 10.1. The number of carbonyl (C=O) groups is 1. The molecule has 0 spiro atoms. The van der Waals surface area contributed by atoms with Crippen LogP contribution in [-0.2, 0) is 11.0 Å². The molecule has 0 aliphatic carbocycles. The van der Waals surface area contributed by atoms with Gasteiger partial charge in [-0.25, -0.2) is 4.98 Å². The molecule has 1 amide bonds. The van der Waals surface area contributed by atoms with Crippen LogP contribution >= 0.6 is 11.8 Å². The number of aryl methyl sites for hydroxylation is 3. The number of nitrogens with one attached hydrogen (secondary N) is 1. The number of carbonyl (C=O) groups excluding carboxylic acids is 1. The van der Waals surface area contributed by atoms with Crippen molar-refractivity contribution >= 4 is 23.4 Å². The van der Waals surface area contributed by atoms with E-state index in [0.717, 1.165) is 29.0 Å². The maximum atomic E-state index is 13.2. The lowest BCUT2D eigenvalue weighted by molar-refractivity contribution is -0.138. The number of nitriles is 1. The molecule has 1 unspecified atom stereocenters. The van der Waals surface area contributed by atoms with Gasteiger partial charge in [0.25, 0.3) is 0 Å². The highest BCUT2D eigenvalue weighted by Crippen LogP contribution is 2.37. The number of pyridine rings is 1. The number of amides is 1. The van der Waals surface area contributed by atoms with E-state index < -0.39 is 22.6 Å². The van der Waals surface area contributed by atoms with Crippen molar-refractivity contribution in [3.05, 3.63) is 52.2 Å². The lowest BCUT2D eigenvalue weighted by Crippen LogP contribution is -2.23. The standard InChI is InChI=1S/C19H18F3N3OS/c1-10-5-6-11(2)16(7-10)25-17(26)13(4)27-18-14(9-23)15(19(20,21)22)8-12(3)24-18/h5-8,13H,1-4H3,(H,25,26). The summed E-state index contributed by atoms with van der Waals surface area (Å²) in [6, 6.07) is 8.01. The number of nitrogens with zero attached hydrogens (tertiary/aromatic N) is 2. The zero-order valence-corrected chi connectivity index (χ0v) is 16.0. The molecule has 142 valence electrons. The minimum atomic E-state index is -4.67. The van der Waals surface area contributed by atoms with Crippen LogP contribution < -0.4 is 5.32 Å². The van der Waals surface area contributed by atoms with Gasteiger partial charge in [-0.15, -0.1) is 0 Å². The number of thioether (sulfide) groups is 1. The maximum absolute atomic E-state index is 13.2. The number of halogens is 3. The van der Waals surface area contributed by atoms with Crippen molar-refractivity contribution in [3.8, 4) is 6.07 Å². The number of rotatable bonds is 4. The number of anilines is 1. The molecule has 0 radical (unpaired) electrons. The van der Waals surface area contributed by atoms with Crippen molar-refractivity contribution in [2.24, 2.45) is 0 Å². The largest absolute Gasteiger partial charge is 0.417 e. The zero-order valence-electron chi connectivity index (χ0n) is 15.2. The highest BCUT2D eigenvalue weighted by Gasteiger charge is 2.36. The molecule has 1 N–H and O–H groups in total. The van der Waals surface area contributed by atoms with E-state index in [9.17, 15) is 23.2 Å². The summed E-state index contributed by atoms with van der Waals surface area (Å²) in [6.07, 6.45) is -4.67. The monoisotopic (exact) mass is 393 g/mol. The summed E-state index contributed by atoms with van der Waals surface area (Å²) >= 11 is 0.831. The van der Waals surface area contributed by atoms with Gasteiger partial charge in [0, 0.05) is 11.4 Å². The molecule has 2 rings (SSSR count). The Morgan fingerprint density at radius 2 is 1.93 bits per heavy atom. The van der Waals surface area contributed by atoms with Gasteiger partial charge < -0.3 is 5.32 Å². The Morgan fingerprint density at radius 1 is 1.26 bits per heavy atom. The van der Waals surface area contributed by atoms with E-state index in [2.05, 4.69) is 10.3 Å². The fourth-order valence-electron chi connectivity index (χ4n) is 2.39. The molecule has 1 atom stereocenters. The highest BCUT2D eigenvalue weighted by atomic mass is 32.2. The van der Waals surface area contributed by atoms with Crippen molar-refractivity contribution in [2.75, 3.05) is 5.32 Å². The topological polar surface area (TPSA) is 65.8 Å². The smallest absolute Gasteiger partial charge is 0.325 e. The van der Waals surface area contributed by atoms with Crippen LogP contribution in [0.25, 0.3) is 0 Å². The molecule has 0 aliphatic heterocycles. The quantitative estimate of drug-likeness (QED) is 0.741. The van der Waals surface area contributed by atoms with E-state index in [1.807, 2.05) is 32.0 Å². The highest BCUT2D eigenvalue weighted by molar-refractivity contribution is 8.00. The van der Waals surface area contributed by atoms with Gasteiger partial charge in [-0.3, -0.25) is 4.79 Å². The summed E-state index contributed by atoms with van der Waals surface area (Å²) in [6.45, 7) is 6.71. The Hall–Kier alpha value is -2.53. The van der Waals surface area contributed by atoms with E-state index in [-0.39, 0.29) is 16.6 Å². The van der Waals surface area contributed by atoms with Gasteiger partial charge in [0.15, 0.2) is 0 Å². The number of aromatic nitrogens is 1. The van der Waals surface area contributed by atoms with Crippen molar-refractivity contribution in [1.82, 2.24) is 4.98 Å². The minimum Gasteiger partial charge on any atom is -0.325 e. The molecule has 27 heavy (non-hydrogen) atoms. The molecule has 0 saturated heterocycles. The average molecular weight is 393 g/mol. The normalized spacial score (nSPS) is 12.4. The van der Waals surface area contributed by atoms with Crippen LogP contribution in [0.5, 0.6) is 0 Å². The van der Waals surface area contributed by atoms with Crippen molar-refractivity contribution in [3.63, 3.8) is 0 Å². The van der Waals surface area contributed by atoms with Crippen LogP contribution in [0.15, 0.2) is 29.3 Å². The molecule has 1 heterocycles. The average Bonchev–Trinajstić information content (AvgIpc) is 2.56. The summed E-state index contributed by atoms with van der Waals surface area (Å²) in [5, 5.41) is 11.1. The van der Waals surface area contributed by atoms with Crippen LogP contribution in [0.3, 0.4) is 0 Å². The molecule has 0 fully saturated rings. The third-order valence-electron chi connectivity index (χ3n) is 3.84. The third-order valence-corrected chi connectivity index (χ3v) is 4.93. The van der Waals surface area contributed by atoms with E-state index in [1.165, 1.54) is 6.92 Å². The predicted molar refractivity (Wildman–Crippen MR) is 98.6 cm³/mol. The van der Waals surface area contributed by atoms with E-state index in [1.54, 1.807) is 13.0 Å². The fraction of sp³-hybridized carbons (Fsp3) is 0.316. The van der Waals surface area contributed by atoms with Gasteiger partial charge >= 0.3 is 6.18 Å². The van der Waals surface area contributed by atoms with Gasteiger partial charge in [0.1, 0.15) is 11.1 Å². The summed E-state index contributed by atoms with van der Waals surface area (Å²) in [7, 11) is 0. The van der Waals surface area contributed by atoms with Crippen LogP contribution in [0.1, 0.15) is 34.9 Å². The van der Waals surface area contributed by atoms with Crippen molar-refractivity contribution in [2.45, 2.75) is 44.1 Å². The molecule has 4 nitrogen and oxygen atoms in total. The van der Waals surface area contributed by atoms with Crippen LogP contribution in [0.4, 0.5) is 18.9 Å². The van der Waals surface area contributed by atoms with Gasteiger partial charge in [-0.2, -0.15) is 18.4 Å². The predicted octanol–water partition coefficient (Wildman–Crippen LogP) is 5.02. The Balaban J connectivity index is 2.28. The van der Waals surface area contributed by atoms with Crippen LogP contribution in [0.2, 0.25) is 0 Å². The second kappa shape index (κ2) is 8.01. The van der Waals surface area contributed by atoms with Crippen LogP contribution in [0, 0.1) is 32.1 Å². The first-order chi connectivity index (χ1) is 12.5. The molecule has 0 aliphatic rings. The summed E-state index contributed by atoms with van der Waals surface area (Å²) in [5.41, 5.74) is 1.01. The summed E-state index contributed by atoms with van der Waals surface area (Å²) in [5.74, 6) is -0.380. The van der Waals surface area contributed by atoms with E-state index in [0.29, 0.717) is 5.69 Å². The minimum absolute atomic E-state index is 0.103. The molecule has 1 aromatic carbocycles. The third kappa shape index (κ3) is 5.01. The van der Waals surface area contributed by atoms with Gasteiger partial charge in [0.05, 0.1) is 16.4 Å².